The molecule has 0 spiro atoms. The van der Waals surface area contributed by atoms with Crippen LogP contribution in [-0.2, 0) is 6.54 Å². The average Bonchev–Trinajstić information content (AvgIpc) is 2.76. The van der Waals surface area contributed by atoms with Crippen molar-refractivity contribution < 1.29 is 4.39 Å². The van der Waals surface area contributed by atoms with Crippen molar-refractivity contribution in [3.8, 4) is 0 Å². The summed E-state index contributed by atoms with van der Waals surface area (Å²) in [6.07, 6.45) is 3.78. The lowest BCUT2D eigenvalue weighted by atomic mass is 10.1. The predicted octanol–water partition coefficient (Wildman–Crippen LogP) is 1.96. The number of nitrogens with zero attached hydrogens (tertiary/aromatic N) is 2. The first-order chi connectivity index (χ1) is 9.28. The molecule has 2 fully saturated rings. The molecule has 0 amide bonds. The van der Waals surface area contributed by atoms with Crippen molar-refractivity contribution in [2.45, 2.75) is 31.8 Å². The van der Waals surface area contributed by atoms with Crippen molar-refractivity contribution in [1.82, 2.24) is 4.90 Å². The Morgan fingerprint density at radius 1 is 1.21 bits per heavy atom. The van der Waals surface area contributed by atoms with Crippen LogP contribution in [-0.4, -0.2) is 37.1 Å². The van der Waals surface area contributed by atoms with Crippen LogP contribution in [0.15, 0.2) is 18.2 Å². The van der Waals surface area contributed by atoms with Gasteiger partial charge in [0, 0.05) is 37.9 Å². The number of nitrogens with two attached hydrogens (primary N) is 1. The van der Waals surface area contributed by atoms with Gasteiger partial charge in [-0.15, -0.1) is 0 Å². The van der Waals surface area contributed by atoms with E-state index >= 15 is 0 Å². The highest BCUT2D eigenvalue weighted by Gasteiger charge is 2.29. The van der Waals surface area contributed by atoms with Crippen molar-refractivity contribution in [3.05, 3.63) is 29.6 Å². The maximum Gasteiger partial charge on any atom is 0.123 e. The topological polar surface area (TPSA) is 32.5 Å². The lowest BCUT2D eigenvalue weighted by Crippen LogP contribution is -2.37. The summed E-state index contributed by atoms with van der Waals surface area (Å²) in [5.74, 6) is -0.193. The van der Waals surface area contributed by atoms with Crippen LogP contribution < -0.4 is 10.6 Å². The van der Waals surface area contributed by atoms with Gasteiger partial charge in [0.25, 0.3) is 0 Å². The molecule has 4 heteroatoms. The molecule has 1 unspecified atom stereocenters. The summed E-state index contributed by atoms with van der Waals surface area (Å²) in [6, 6.07) is 5.68. The minimum absolute atomic E-state index is 0.193. The van der Waals surface area contributed by atoms with E-state index in [-0.39, 0.29) is 5.82 Å². The van der Waals surface area contributed by atoms with Crippen LogP contribution in [0.1, 0.15) is 24.8 Å². The summed E-state index contributed by atoms with van der Waals surface area (Å²) in [5, 5.41) is 0. The molecule has 3 rings (SSSR count). The van der Waals surface area contributed by atoms with Crippen LogP contribution in [0.3, 0.4) is 0 Å². The zero-order chi connectivity index (χ0) is 13.2. The van der Waals surface area contributed by atoms with E-state index in [0.717, 1.165) is 24.3 Å². The highest BCUT2D eigenvalue weighted by Crippen LogP contribution is 2.27. The van der Waals surface area contributed by atoms with E-state index in [0.29, 0.717) is 12.6 Å². The Hall–Kier alpha value is -1.13. The van der Waals surface area contributed by atoms with Gasteiger partial charge in [-0.05, 0) is 49.6 Å². The number of hydrogen-bond donors (Lipinski definition) is 1. The third kappa shape index (κ3) is 2.60. The lowest BCUT2D eigenvalue weighted by molar-refractivity contribution is 0.273. The Morgan fingerprint density at radius 2 is 2.05 bits per heavy atom. The molecular weight excluding hydrogens is 241 g/mol. The van der Waals surface area contributed by atoms with Crippen LogP contribution in [0.5, 0.6) is 0 Å². The standard InChI is InChI=1S/C15H22FN3/c16-13-4-5-15(12(9-13)10-17)19-8-2-7-18-6-1-3-14(18)11-19/h4-5,9,14H,1-3,6-8,10-11,17H2. The minimum Gasteiger partial charge on any atom is -0.370 e. The van der Waals surface area contributed by atoms with Gasteiger partial charge in [0.2, 0.25) is 0 Å². The van der Waals surface area contributed by atoms with Gasteiger partial charge in [0.05, 0.1) is 0 Å². The largest absolute Gasteiger partial charge is 0.370 e. The summed E-state index contributed by atoms with van der Waals surface area (Å²) in [4.78, 5) is 5.00. The minimum atomic E-state index is -0.193. The van der Waals surface area contributed by atoms with Gasteiger partial charge in [0.15, 0.2) is 0 Å². The number of rotatable bonds is 2. The van der Waals surface area contributed by atoms with E-state index in [4.69, 9.17) is 5.73 Å². The molecule has 0 bridgehead atoms. The number of benzene rings is 1. The van der Waals surface area contributed by atoms with Crippen LogP contribution in [0.25, 0.3) is 0 Å². The van der Waals surface area contributed by atoms with E-state index in [9.17, 15) is 4.39 Å². The molecule has 0 aromatic heterocycles. The second-order valence-corrected chi connectivity index (χ2v) is 5.61. The first-order valence-electron chi connectivity index (χ1n) is 7.25. The van der Waals surface area contributed by atoms with Crippen molar-refractivity contribution in [2.75, 3.05) is 31.1 Å². The average molecular weight is 263 g/mol. The SMILES string of the molecule is NCc1cc(F)ccc1N1CCCN2CCCC2C1. The molecule has 2 heterocycles. The lowest BCUT2D eigenvalue weighted by Gasteiger charge is -2.29. The quantitative estimate of drug-likeness (QED) is 0.885. The van der Waals surface area contributed by atoms with E-state index in [2.05, 4.69) is 9.80 Å². The molecule has 2 N–H and O–H groups in total. The van der Waals surface area contributed by atoms with Gasteiger partial charge in [-0.25, -0.2) is 4.39 Å². The Bertz CT molecular complexity index is 449. The Balaban J connectivity index is 1.84. The summed E-state index contributed by atoms with van der Waals surface area (Å²) in [5.41, 5.74) is 7.81. The van der Waals surface area contributed by atoms with Gasteiger partial charge in [-0.3, -0.25) is 4.90 Å². The van der Waals surface area contributed by atoms with Gasteiger partial charge < -0.3 is 10.6 Å². The van der Waals surface area contributed by atoms with Crippen LogP contribution in [0.2, 0.25) is 0 Å². The van der Waals surface area contributed by atoms with Crippen molar-refractivity contribution in [2.24, 2.45) is 5.73 Å². The second kappa shape index (κ2) is 5.47. The van der Waals surface area contributed by atoms with Crippen molar-refractivity contribution in [1.29, 1.82) is 0 Å². The maximum atomic E-state index is 13.3. The molecule has 104 valence electrons. The molecule has 2 aliphatic rings. The van der Waals surface area contributed by atoms with Gasteiger partial charge in [-0.2, -0.15) is 0 Å². The molecule has 0 radical (unpaired) electrons. The smallest absolute Gasteiger partial charge is 0.123 e. The fourth-order valence-electron chi connectivity index (χ4n) is 3.45. The van der Waals surface area contributed by atoms with Crippen LogP contribution in [0.4, 0.5) is 10.1 Å². The molecule has 1 aromatic rings. The molecular formula is C15H22FN3. The zero-order valence-electron chi connectivity index (χ0n) is 11.3. The number of hydrogen-bond acceptors (Lipinski definition) is 3. The Labute approximate surface area is 114 Å². The molecule has 0 saturated carbocycles. The molecule has 2 saturated heterocycles. The molecule has 3 nitrogen and oxygen atoms in total. The second-order valence-electron chi connectivity index (χ2n) is 5.61. The highest BCUT2D eigenvalue weighted by molar-refractivity contribution is 5.54. The van der Waals surface area contributed by atoms with E-state index in [1.165, 1.54) is 32.4 Å². The van der Waals surface area contributed by atoms with Crippen molar-refractivity contribution >= 4 is 5.69 Å². The van der Waals surface area contributed by atoms with E-state index in [1.54, 1.807) is 12.1 Å². The molecule has 19 heavy (non-hydrogen) atoms. The first-order valence-corrected chi connectivity index (χ1v) is 7.25. The monoisotopic (exact) mass is 263 g/mol. The normalized spacial score (nSPS) is 24.3. The van der Waals surface area contributed by atoms with Crippen LogP contribution in [0, 0.1) is 5.82 Å². The van der Waals surface area contributed by atoms with Gasteiger partial charge >= 0.3 is 0 Å². The Morgan fingerprint density at radius 3 is 2.89 bits per heavy atom. The fourth-order valence-corrected chi connectivity index (χ4v) is 3.45. The summed E-state index contributed by atoms with van der Waals surface area (Å²) < 4.78 is 13.3. The third-order valence-corrected chi connectivity index (χ3v) is 4.41. The van der Waals surface area contributed by atoms with E-state index in [1.807, 2.05) is 6.07 Å². The molecule has 2 aliphatic heterocycles. The summed E-state index contributed by atoms with van der Waals surface area (Å²) in [7, 11) is 0. The number of anilines is 1. The van der Waals surface area contributed by atoms with Gasteiger partial charge in [-0.1, -0.05) is 0 Å². The summed E-state index contributed by atoms with van der Waals surface area (Å²) >= 11 is 0. The van der Waals surface area contributed by atoms with Gasteiger partial charge in [0.1, 0.15) is 5.82 Å². The van der Waals surface area contributed by atoms with E-state index < -0.39 is 0 Å². The first kappa shape index (κ1) is 12.9. The number of halogens is 1. The summed E-state index contributed by atoms with van der Waals surface area (Å²) in [6.45, 7) is 4.94. The zero-order valence-corrected chi connectivity index (χ0v) is 11.3. The Kier molecular flexibility index (Phi) is 3.71. The molecule has 1 aromatic carbocycles. The highest BCUT2D eigenvalue weighted by atomic mass is 19.1. The van der Waals surface area contributed by atoms with Crippen LogP contribution >= 0.6 is 0 Å². The maximum absolute atomic E-state index is 13.3. The fraction of sp³-hybridized carbons (Fsp3) is 0.600. The molecule has 0 aliphatic carbocycles. The molecule has 1 atom stereocenters. The predicted molar refractivity (Wildman–Crippen MR) is 75.7 cm³/mol. The number of fused-ring (bicyclic) bond motifs is 1. The van der Waals surface area contributed by atoms with Crippen molar-refractivity contribution in [3.63, 3.8) is 0 Å². The third-order valence-electron chi connectivity index (χ3n) is 4.41.